The van der Waals surface area contributed by atoms with Gasteiger partial charge in [0.25, 0.3) is 0 Å². The molecule has 0 aromatic heterocycles. The van der Waals surface area contributed by atoms with Gasteiger partial charge in [0.05, 0.1) is 39.6 Å². The third-order valence-corrected chi connectivity index (χ3v) is 1.72. The first-order valence-electron chi connectivity index (χ1n) is 5.10. The van der Waals surface area contributed by atoms with E-state index in [4.69, 9.17) is 23.7 Å². The van der Waals surface area contributed by atoms with Gasteiger partial charge in [0, 0.05) is 14.2 Å². The van der Waals surface area contributed by atoms with E-state index in [0.29, 0.717) is 39.6 Å². The summed E-state index contributed by atoms with van der Waals surface area (Å²) in [5.41, 5.74) is 0. The van der Waals surface area contributed by atoms with E-state index in [2.05, 4.69) is 0 Å². The molecule has 5 nitrogen and oxygen atoms in total. The molecule has 0 rings (SSSR count). The predicted molar refractivity (Wildman–Crippen MR) is 55.9 cm³/mol. The summed E-state index contributed by atoms with van der Waals surface area (Å²) in [7, 11) is 3.25. The normalized spacial score (nSPS) is 13.0. The largest absolute Gasteiger partial charge is 0.382 e. The van der Waals surface area contributed by atoms with Crippen molar-refractivity contribution in [1.82, 2.24) is 0 Å². The Hall–Kier alpha value is -0.200. The SMILES string of the molecule is COCCOCCOCCOC(C)OC. The van der Waals surface area contributed by atoms with Crippen LogP contribution in [-0.2, 0) is 23.7 Å². The Labute approximate surface area is 91.6 Å². The molecule has 1 unspecified atom stereocenters. The van der Waals surface area contributed by atoms with E-state index < -0.39 is 0 Å². The van der Waals surface area contributed by atoms with Gasteiger partial charge >= 0.3 is 0 Å². The molecule has 0 saturated carbocycles. The molecule has 0 heterocycles. The van der Waals surface area contributed by atoms with E-state index in [1.807, 2.05) is 6.92 Å². The Morgan fingerprint density at radius 3 is 1.87 bits per heavy atom. The van der Waals surface area contributed by atoms with Crippen LogP contribution in [0.4, 0.5) is 0 Å². The molecule has 0 aliphatic carbocycles. The zero-order chi connectivity index (χ0) is 11.4. The van der Waals surface area contributed by atoms with Crippen molar-refractivity contribution in [1.29, 1.82) is 0 Å². The van der Waals surface area contributed by atoms with Crippen molar-refractivity contribution in [2.45, 2.75) is 13.2 Å². The van der Waals surface area contributed by atoms with Crippen molar-refractivity contribution in [3.05, 3.63) is 0 Å². The van der Waals surface area contributed by atoms with Crippen LogP contribution >= 0.6 is 0 Å². The quantitative estimate of drug-likeness (QED) is 0.380. The van der Waals surface area contributed by atoms with Crippen LogP contribution in [0.15, 0.2) is 0 Å². The number of hydrogen-bond donors (Lipinski definition) is 0. The summed E-state index contributed by atoms with van der Waals surface area (Å²) in [6.07, 6.45) is -0.174. The number of hydrogen-bond acceptors (Lipinski definition) is 5. The second-order valence-corrected chi connectivity index (χ2v) is 2.89. The average Bonchev–Trinajstić information content (AvgIpc) is 2.26. The minimum Gasteiger partial charge on any atom is -0.382 e. The molecular formula is C10H22O5. The molecule has 0 aliphatic heterocycles. The Morgan fingerprint density at radius 1 is 0.800 bits per heavy atom. The zero-order valence-electron chi connectivity index (χ0n) is 9.86. The van der Waals surface area contributed by atoms with Crippen LogP contribution < -0.4 is 0 Å². The fourth-order valence-electron chi connectivity index (χ4n) is 0.805. The summed E-state index contributed by atoms with van der Waals surface area (Å²) in [6.45, 7) is 5.32. The van der Waals surface area contributed by atoms with Crippen LogP contribution in [0.3, 0.4) is 0 Å². The Morgan fingerprint density at radius 2 is 1.33 bits per heavy atom. The van der Waals surface area contributed by atoms with Gasteiger partial charge in [-0.15, -0.1) is 0 Å². The summed E-state index contributed by atoms with van der Waals surface area (Å²) < 4.78 is 25.4. The Balaban J connectivity index is 2.92. The fourth-order valence-corrected chi connectivity index (χ4v) is 0.805. The van der Waals surface area contributed by atoms with Crippen LogP contribution in [-0.4, -0.2) is 60.2 Å². The highest BCUT2D eigenvalue weighted by Crippen LogP contribution is 1.90. The van der Waals surface area contributed by atoms with Gasteiger partial charge in [-0.2, -0.15) is 0 Å². The van der Waals surface area contributed by atoms with E-state index in [1.165, 1.54) is 0 Å². The van der Waals surface area contributed by atoms with E-state index in [-0.39, 0.29) is 6.29 Å². The maximum atomic E-state index is 5.26. The molecule has 0 aromatic rings. The monoisotopic (exact) mass is 222 g/mol. The maximum absolute atomic E-state index is 5.26. The second kappa shape index (κ2) is 11.9. The van der Waals surface area contributed by atoms with Gasteiger partial charge < -0.3 is 23.7 Å². The summed E-state index contributed by atoms with van der Waals surface area (Å²) in [5, 5.41) is 0. The second-order valence-electron chi connectivity index (χ2n) is 2.89. The maximum Gasteiger partial charge on any atom is 0.154 e. The highest BCUT2D eigenvalue weighted by atomic mass is 16.7. The molecule has 1 atom stereocenters. The van der Waals surface area contributed by atoms with Crippen molar-refractivity contribution in [3.8, 4) is 0 Å². The standard InChI is InChI=1S/C10H22O5/c1-10(12-3)15-9-8-14-7-6-13-5-4-11-2/h10H,4-9H2,1-3H3. The van der Waals surface area contributed by atoms with Crippen LogP contribution in [0, 0.1) is 0 Å². The molecular weight excluding hydrogens is 200 g/mol. The van der Waals surface area contributed by atoms with Gasteiger partial charge in [0.2, 0.25) is 0 Å². The van der Waals surface area contributed by atoms with Crippen molar-refractivity contribution < 1.29 is 23.7 Å². The first-order chi connectivity index (χ1) is 7.31. The minimum absolute atomic E-state index is 0.174. The highest BCUT2D eigenvalue weighted by Gasteiger charge is 1.97. The van der Waals surface area contributed by atoms with Crippen LogP contribution in [0.1, 0.15) is 6.92 Å². The highest BCUT2D eigenvalue weighted by molar-refractivity contribution is 4.34. The number of methoxy groups -OCH3 is 2. The molecule has 5 heteroatoms. The first-order valence-corrected chi connectivity index (χ1v) is 5.10. The van der Waals surface area contributed by atoms with Crippen molar-refractivity contribution in [3.63, 3.8) is 0 Å². The summed E-state index contributed by atoms with van der Waals surface area (Å²) in [5.74, 6) is 0. The zero-order valence-corrected chi connectivity index (χ0v) is 9.86. The van der Waals surface area contributed by atoms with Gasteiger partial charge in [0.15, 0.2) is 6.29 Å². The van der Waals surface area contributed by atoms with Gasteiger partial charge in [-0.25, -0.2) is 0 Å². The van der Waals surface area contributed by atoms with Gasteiger partial charge in [-0.1, -0.05) is 0 Å². The fraction of sp³-hybridized carbons (Fsp3) is 1.00. The molecule has 0 bridgehead atoms. The van der Waals surface area contributed by atoms with E-state index in [9.17, 15) is 0 Å². The molecule has 0 aliphatic rings. The Bertz CT molecular complexity index is 120. The third-order valence-electron chi connectivity index (χ3n) is 1.72. The minimum atomic E-state index is -0.174. The van der Waals surface area contributed by atoms with Crippen molar-refractivity contribution in [2.24, 2.45) is 0 Å². The third kappa shape index (κ3) is 11.7. The molecule has 92 valence electrons. The molecule has 0 aromatic carbocycles. The average molecular weight is 222 g/mol. The molecule has 15 heavy (non-hydrogen) atoms. The van der Waals surface area contributed by atoms with Crippen molar-refractivity contribution >= 4 is 0 Å². The van der Waals surface area contributed by atoms with Crippen molar-refractivity contribution in [2.75, 3.05) is 53.9 Å². The smallest absolute Gasteiger partial charge is 0.154 e. The van der Waals surface area contributed by atoms with Crippen LogP contribution in [0.25, 0.3) is 0 Å². The summed E-state index contributed by atoms with van der Waals surface area (Å²) >= 11 is 0. The van der Waals surface area contributed by atoms with E-state index >= 15 is 0 Å². The lowest BCUT2D eigenvalue weighted by atomic mass is 10.7. The number of ether oxygens (including phenoxy) is 5. The molecule has 0 radical (unpaired) electrons. The van der Waals surface area contributed by atoms with Gasteiger partial charge in [0.1, 0.15) is 0 Å². The van der Waals surface area contributed by atoms with E-state index in [1.54, 1.807) is 14.2 Å². The molecule has 0 saturated heterocycles. The topological polar surface area (TPSA) is 46.2 Å². The predicted octanol–water partition coefficient (Wildman–Crippen LogP) is 0.675. The molecule has 0 amide bonds. The molecule has 0 spiro atoms. The molecule has 0 N–H and O–H groups in total. The lowest BCUT2D eigenvalue weighted by Gasteiger charge is -2.10. The lowest BCUT2D eigenvalue weighted by molar-refractivity contribution is -0.123. The van der Waals surface area contributed by atoms with Crippen LogP contribution in [0.2, 0.25) is 0 Å². The van der Waals surface area contributed by atoms with Gasteiger partial charge in [-0.3, -0.25) is 0 Å². The first kappa shape index (κ1) is 14.8. The van der Waals surface area contributed by atoms with E-state index in [0.717, 1.165) is 0 Å². The van der Waals surface area contributed by atoms with Crippen LogP contribution in [0.5, 0.6) is 0 Å². The summed E-state index contributed by atoms with van der Waals surface area (Å²) in [6, 6.07) is 0. The Kier molecular flexibility index (Phi) is 11.7. The summed E-state index contributed by atoms with van der Waals surface area (Å²) in [4.78, 5) is 0. The lowest BCUT2D eigenvalue weighted by Crippen LogP contribution is -2.16. The molecule has 0 fully saturated rings. The number of rotatable bonds is 11. The van der Waals surface area contributed by atoms with Gasteiger partial charge in [-0.05, 0) is 6.92 Å².